The molecule has 0 amide bonds. The van der Waals surface area contributed by atoms with Gasteiger partial charge >= 0.3 is 5.97 Å². The van der Waals surface area contributed by atoms with Gasteiger partial charge in [0.2, 0.25) is 0 Å². The van der Waals surface area contributed by atoms with Crippen molar-refractivity contribution < 1.29 is 23.4 Å². The van der Waals surface area contributed by atoms with Crippen LogP contribution in [0.4, 0.5) is 5.69 Å². The zero-order valence-electron chi connectivity index (χ0n) is 12.1. The first-order valence-corrected chi connectivity index (χ1v) is 8.56. The minimum Gasteiger partial charge on any atom is -0.507 e. The second-order valence-corrected chi connectivity index (χ2v) is 7.11. The van der Waals surface area contributed by atoms with E-state index in [9.17, 15) is 18.3 Å². The van der Waals surface area contributed by atoms with Gasteiger partial charge in [0.25, 0.3) is 10.0 Å². The van der Waals surface area contributed by atoms with E-state index in [0.717, 1.165) is 43.0 Å². The minimum absolute atomic E-state index is 0.215. The van der Waals surface area contributed by atoms with Crippen molar-refractivity contribution in [1.29, 1.82) is 0 Å². The highest BCUT2D eigenvalue weighted by Crippen LogP contribution is 2.27. The van der Waals surface area contributed by atoms with Crippen LogP contribution in [0.5, 0.6) is 5.75 Å². The second kappa shape index (κ2) is 5.58. The van der Waals surface area contributed by atoms with Crippen LogP contribution in [0.25, 0.3) is 0 Å². The van der Waals surface area contributed by atoms with Crippen molar-refractivity contribution in [2.75, 3.05) is 4.72 Å². The molecule has 2 aromatic carbocycles. The van der Waals surface area contributed by atoms with Crippen LogP contribution in [0, 0.1) is 0 Å². The number of benzene rings is 2. The Hall–Kier alpha value is -2.54. The lowest BCUT2D eigenvalue weighted by Gasteiger charge is -2.10. The molecule has 0 saturated carbocycles. The highest BCUT2D eigenvalue weighted by molar-refractivity contribution is 7.92. The summed E-state index contributed by atoms with van der Waals surface area (Å²) in [7, 11) is -3.93. The van der Waals surface area contributed by atoms with Gasteiger partial charge in [-0.1, -0.05) is 6.07 Å². The summed E-state index contributed by atoms with van der Waals surface area (Å²) >= 11 is 0. The molecule has 1 aliphatic carbocycles. The molecule has 0 aliphatic heterocycles. The van der Waals surface area contributed by atoms with Crippen molar-refractivity contribution in [2.24, 2.45) is 0 Å². The van der Waals surface area contributed by atoms with E-state index in [1.54, 1.807) is 12.1 Å². The molecule has 0 bridgehead atoms. The lowest BCUT2D eigenvalue weighted by molar-refractivity contribution is 0.0693. The molecule has 23 heavy (non-hydrogen) atoms. The van der Waals surface area contributed by atoms with E-state index >= 15 is 0 Å². The van der Waals surface area contributed by atoms with Crippen molar-refractivity contribution in [3.05, 3.63) is 53.1 Å². The Bertz CT molecular complexity index is 889. The van der Waals surface area contributed by atoms with Crippen molar-refractivity contribution in [2.45, 2.75) is 24.2 Å². The Morgan fingerprint density at radius 1 is 1.04 bits per heavy atom. The van der Waals surface area contributed by atoms with Crippen LogP contribution in [-0.2, 0) is 22.9 Å². The van der Waals surface area contributed by atoms with E-state index in [0.29, 0.717) is 5.69 Å². The summed E-state index contributed by atoms with van der Waals surface area (Å²) in [6.45, 7) is 0. The topological polar surface area (TPSA) is 104 Å². The zero-order valence-corrected chi connectivity index (χ0v) is 12.9. The van der Waals surface area contributed by atoms with Gasteiger partial charge in [-0.3, -0.25) is 4.72 Å². The number of phenols is 1. The van der Waals surface area contributed by atoms with E-state index in [1.165, 1.54) is 5.56 Å². The smallest absolute Gasteiger partial charge is 0.339 e. The predicted octanol–water partition coefficient (Wildman–Crippen LogP) is 2.38. The fourth-order valence-electron chi connectivity index (χ4n) is 2.70. The van der Waals surface area contributed by atoms with Gasteiger partial charge in [-0.25, -0.2) is 13.2 Å². The SMILES string of the molecule is O=C(O)c1cc(S(=O)(=O)Nc2ccc3c(c2)CCC3)ccc1O. The predicted molar refractivity (Wildman–Crippen MR) is 84.3 cm³/mol. The van der Waals surface area contributed by atoms with Crippen LogP contribution >= 0.6 is 0 Å². The zero-order chi connectivity index (χ0) is 16.6. The highest BCUT2D eigenvalue weighted by Gasteiger charge is 2.20. The fraction of sp³-hybridized carbons (Fsp3) is 0.188. The first kappa shape index (κ1) is 15.4. The van der Waals surface area contributed by atoms with Gasteiger partial charge < -0.3 is 10.2 Å². The molecule has 0 aromatic heterocycles. The third kappa shape index (κ3) is 3.00. The van der Waals surface area contributed by atoms with Gasteiger partial charge in [0.1, 0.15) is 11.3 Å². The molecule has 0 saturated heterocycles. The summed E-state index contributed by atoms with van der Waals surface area (Å²) in [6.07, 6.45) is 2.99. The van der Waals surface area contributed by atoms with Crippen molar-refractivity contribution in [3.8, 4) is 5.75 Å². The summed E-state index contributed by atoms with van der Waals surface area (Å²) in [5.74, 6) is -1.87. The van der Waals surface area contributed by atoms with Crippen LogP contribution in [0.15, 0.2) is 41.3 Å². The maximum Gasteiger partial charge on any atom is 0.339 e. The van der Waals surface area contributed by atoms with Crippen LogP contribution in [-0.4, -0.2) is 24.6 Å². The summed E-state index contributed by atoms with van der Waals surface area (Å²) < 4.78 is 27.3. The molecule has 6 nitrogen and oxygen atoms in total. The molecule has 0 heterocycles. The van der Waals surface area contributed by atoms with Crippen LogP contribution in [0.2, 0.25) is 0 Å². The van der Waals surface area contributed by atoms with E-state index < -0.39 is 27.3 Å². The van der Waals surface area contributed by atoms with Crippen molar-refractivity contribution in [1.82, 2.24) is 0 Å². The molecular formula is C16H15NO5S. The lowest BCUT2D eigenvalue weighted by atomic mass is 10.1. The number of rotatable bonds is 4. The minimum atomic E-state index is -3.93. The quantitative estimate of drug-likeness (QED) is 0.797. The number of hydrogen-bond acceptors (Lipinski definition) is 4. The van der Waals surface area contributed by atoms with E-state index in [-0.39, 0.29) is 4.90 Å². The number of aryl methyl sites for hydroxylation is 2. The molecule has 0 radical (unpaired) electrons. The first-order chi connectivity index (χ1) is 10.9. The number of anilines is 1. The van der Waals surface area contributed by atoms with Gasteiger partial charge in [-0.2, -0.15) is 0 Å². The number of aromatic carboxylic acids is 1. The maximum atomic E-state index is 12.4. The molecule has 3 rings (SSSR count). The van der Waals surface area contributed by atoms with Gasteiger partial charge in [0.05, 0.1) is 4.90 Å². The van der Waals surface area contributed by atoms with E-state index in [4.69, 9.17) is 5.11 Å². The van der Waals surface area contributed by atoms with E-state index in [2.05, 4.69) is 4.72 Å². The standard InChI is InChI=1S/C16H15NO5S/c18-15-7-6-13(9-14(15)16(19)20)23(21,22)17-12-5-4-10-2-1-3-11(10)8-12/h4-9,17-18H,1-3H2,(H,19,20). The molecule has 0 spiro atoms. The molecule has 120 valence electrons. The number of aromatic hydroxyl groups is 1. The summed E-state index contributed by atoms with van der Waals surface area (Å²) in [5.41, 5.74) is 2.34. The Labute approximate surface area is 133 Å². The number of carbonyl (C=O) groups is 1. The van der Waals surface area contributed by atoms with Crippen molar-refractivity contribution >= 4 is 21.7 Å². The third-order valence-electron chi connectivity index (χ3n) is 3.86. The number of hydrogen-bond donors (Lipinski definition) is 3. The van der Waals surface area contributed by atoms with Crippen LogP contribution in [0.3, 0.4) is 0 Å². The Kier molecular flexibility index (Phi) is 3.73. The van der Waals surface area contributed by atoms with Gasteiger partial charge in [-0.15, -0.1) is 0 Å². The average molecular weight is 333 g/mol. The molecule has 0 fully saturated rings. The van der Waals surface area contributed by atoms with Crippen LogP contribution in [0.1, 0.15) is 27.9 Å². The van der Waals surface area contributed by atoms with E-state index in [1.807, 2.05) is 6.07 Å². The molecule has 1 aliphatic rings. The van der Waals surface area contributed by atoms with Crippen molar-refractivity contribution in [3.63, 3.8) is 0 Å². The number of nitrogens with one attached hydrogen (secondary N) is 1. The average Bonchev–Trinajstić information content (AvgIpc) is 2.94. The third-order valence-corrected chi connectivity index (χ3v) is 5.24. The molecule has 0 unspecified atom stereocenters. The normalized spacial score (nSPS) is 13.6. The molecule has 0 atom stereocenters. The number of carboxylic acid groups (broad SMARTS) is 1. The van der Waals surface area contributed by atoms with Gasteiger partial charge in [-0.05, 0) is 60.7 Å². The second-order valence-electron chi connectivity index (χ2n) is 5.43. The van der Waals surface area contributed by atoms with Crippen LogP contribution < -0.4 is 4.72 Å². The fourth-order valence-corrected chi connectivity index (χ4v) is 3.78. The number of carboxylic acids is 1. The molecule has 3 N–H and O–H groups in total. The van der Waals surface area contributed by atoms with Gasteiger partial charge in [0.15, 0.2) is 0 Å². The monoisotopic (exact) mass is 333 g/mol. The largest absolute Gasteiger partial charge is 0.507 e. The Morgan fingerprint density at radius 2 is 1.78 bits per heavy atom. The summed E-state index contributed by atoms with van der Waals surface area (Å²) in [4.78, 5) is 10.8. The lowest BCUT2D eigenvalue weighted by Crippen LogP contribution is -2.14. The molecule has 2 aromatic rings. The maximum absolute atomic E-state index is 12.4. The molecule has 7 heteroatoms. The summed E-state index contributed by atoms with van der Waals surface area (Å²) in [5, 5.41) is 18.4. The Balaban J connectivity index is 1.93. The molecular weight excluding hydrogens is 318 g/mol. The first-order valence-electron chi connectivity index (χ1n) is 7.08. The summed E-state index contributed by atoms with van der Waals surface area (Å²) in [6, 6.07) is 8.56. The number of sulfonamides is 1. The number of fused-ring (bicyclic) bond motifs is 1. The van der Waals surface area contributed by atoms with Gasteiger partial charge in [0, 0.05) is 5.69 Å². The highest BCUT2D eigenvalue weighted by atomic mass is 32.2. The Morgan fingerprint density at radius 3 is 2.52 bits per heavy atom.